The van der Waals surface area contributed by atoms with Crippen molar-refractivity contribution in [3.05, 3.63) is 40.3 Å². The number of carbonyl (C=O) groups excluding carboxylic acids is 1. The van der Waals surface area contributed by atoms with Crippen LogP contribution in [0, 0.1) is 11.3 Å². The lowest BCUT2D eigenvalue weighted by molar-refractivity contribution is 0.0516. The Bertz CT molecular complexity index is 1090. The summed E-state index contributed by atoms with van der Waals surface area (Å²) in [6, 6.07) is 9.20. The smallest absolute Gasteiger partial charge is 0.362 e. The van der Waals surface area contributed by atoms with E-state index in [0.717, 1.165) is 24.3 Å². The molecule has 1 aromatic heterocycles. The molecule has 2 heterocycles. The molecule has 2 aromatic rings. The molecule has 0 spiro atoms. The minimum Gasteiger partial charge on any atom is -0.461 e. The van der Waals surface area contributed by atoms with E-state index in [2.05, 4.69) is 44.5 Å². The predicted octanol–water partition coefficient (Wildman–Crippen LogP) is 5.98. The van der Waals surface area contributed by atoms with Crippen LogP contribution in [0.3, 0.4) is 0 Å². The Kier molecular flexibility index (Phi) is 7.70. The Hall–Kier alpha value is -2.21. The zero-order valence-electron chi connectivity index (χ0n) is 22.4. The summed E-state index contributed by atoms with van der Waals surface area (Å²) in [6.07, 6.45) is 8.39. The largest absolute Gasteiger partial charge is 0.461 e. The molecule has 0 unspecified atom stereocenters. The van der Waals surface area contributed by atoms with E-state index in [-0.39, 0.29) is 23.9 Å². The SMILES string of the molecule is CCOC(=O)c1nc2ccccc2n([C@@H](C)C[C@@H]2CC[C@H](C)N2[C@H]2CC[C@@H](C(C)(C)C)CC2)c1=O. The molecule has 192 valence electrons. The molecule has 35 heavy (non-hydrogen) atoms. The van der Waals surface area contributed by atoms with Crippen molar-refractivity contribution in [3.8, 4) is 0 Å². The lowest BCUT2D eigenvalue weighted by Crippen LogP contribution is -2.46. The molecule has 4 rings (SSSR count). The standard InChI is InChI=1S/C29H43N3O3/c1-7-35-28(34)26-27(33)32(25-11-9-8-10-24(25)30-26)20(3)18-23-15-12-19(2)31(23)22-16-13-21(14-17-22)29(4,5)6/h8-11,19-23H,7,12-18H2,1-6H3/t19-,20-,21-,22+,23-/m0/s1. The zero-order valence-corrected chi connectivity index (χ0v) is 22.4. The number of hydrogen-bond acceptors (Lipinski definition) is 5. The fourth-order valence-corrected chi connectivity index (χ4v) is 6.65. The van der Waals surface area contributed by atoms with Crippen molar-refractivity contribution in [2.75, 3.05) is 6.61 Å². The van der Waals surface area contributed by atoms with Gasteiger partial charge in [-0.2, -0.15) is 0 Å². The lowest BCUT2D eigenvalue weighted by atomic mass is 9.71. The molecule has 3 atom stereocenters. The van der Waals surface area contributed by atoms with Crippen molar-refractivity contribution >= 4 is 17.0 Å². The monoisotopic (exact) mass is 481 g/mol. The highest BCUT2D eigenvalue weighted by molar-refractivity contribution is 5.89. The summed E-state index contributed by atoms with van der Waals surface area (Å²) < 4.78 is 6.93. The van der Waals surface area contributed by atoms with Gasteiger partial charge in [0.1, 0.15) is 0 Å². The second kappa shape index (κ2) is 10.4. The molecule has 6 heteroatoms. The minimum absolute atomic E-state index is 0.0488. The Balaban J connectivity index is 1.59. The average Bonchev–Trinajstić information content (AvgIpc) is 3.17. The molecule has 1 saturated heterocycles. The van der Waals surface area contributed by atoms with Gasteiger partial charge in [0.2, 0.25) is 5.69 Å². The van der Waals surface area contributed by atoms with E-state index in [4.69, 9.17) is 4.74 Å². The predicted molar refractivity (Wildman–Crippen MR) is 141 cm³/mol. The maximum atomic E-state index is 13.5. The summed E-state index contributed by atoms with van der Waals surface area (Å²) in [5, 5.41) is 0. The number of rotatable bonds is 6. The summed E-state index contributed by atoms with van der Waals surface area (Å²) in [4.78, 5) is 33.1. The first-order valence-corrected chi connectivity index (χ1v) is 13.6. The van der Waals surface area contributed by atoms with Gasteiger partial charge >= 0.3 is 5.97 Å². The van der Waals surface area contributed by atoms with Crippen LogP contribution in [0.4, 0.5) is 0 Å². The first kappa shape index (κ1) is 25.9. The summed E-state index contributed by atoms with van der Waals surface area (Å²) >= 11 is 0. The topological polar surface area (TPSA) is 64.4 Å². The molecule has 1 aliphatic heterocycles. The van der Waals surface area contributed by atoms with Crippen molar-refractivity contribution in [1.29, 1.82) is 0 Å². The molecular weight excluding hydrogens is 438 g/mol. The minimum atomic E-state index is -0.643. The van der Waals surface area contributed by atoms with Crippen LogP contribution in [0.2, 0.25) is 0 Å². The van der Waals surface area contributed by atoms with Crippen LogP contribution in [0.25, 0.3) is 11.0 Å². The van der Waals surface area contributed by atoms with E-state index in [9.17, 15) is 9.59 Å². The third-order valence-corrected chi connectivity index (χ3v) is 8.51. The van der Waals surface area contributed by atoms with E-state index in [1.807, 2.05) is 24.3 Å². The second-order valence-corrected chi connectivity index (χ2v) is 11.8. The number of aromatic nitrogens is 2. The zero-order chi connectivity index (χ0) is 25.3. The van der Waals surface area contributed by atoms with E-state index in [1.54, 1.807) is 11.5 Å². The highest BCUT2D eigenvalue weighted by atomic mass is 16.5. The van der Waals surface area contributed by atoms with Crippen LogP contribution >= 0.6 is 0 Å². The van der Waals surface area contributed by atoms with Crippen molar-refractivity contribution in [2.45, 2.75) is 111 Å². The number of hydrogen-bond donors (Lipinski definition) is 0. The lowest BCUT2D eigenvalue weighted by Gasteiger charge is -2.44. The summed E-state index contributed by atoms with van der Waals surface area (Å²) in [7, 11) is 0. The van der Waals surface area contributed by atoms with Gasteiger partial charge in [-0.15, -0.1) is 0 Å². The van der Waals surface area contributed by atoms with Gasteiger partial charge in [0.15, 0.2) is 0 Å². The highest BCUT2D eigenvalue weighted by Gasteiger charge is 2.40. The molecule has 1 aliphatic carbocycles. The number of likely N-dealkylation sites (tertiary alicyclic amines) is 1. The van der Waals surface area contributed by atoms with Crippen LogP contribution in [0.15, 0.2) is 29.1 Å². The number of fused-ring (bicyclic) bond motifs is 1. The van der Waals surface area contributed by atoms with Gasteiger partial charge in [-0.3, -0.25) is 9.69 Å². The molecule has 0 bridgehead atoms. The van der Waals surface area contributed by atoms with Crippen molar-refractivity contribution in [1.82, 2.24) is 14.5 Å². The molecule has 6 nitrogen and oxygen atoms in total. The molecular formula is C29H43N3O3. The van der Waals surface area contributed by atoms with Crippen LogP contribution in [0.1, 0.15) is 103 Å². The average molecular weight is 482 g/mol. The Labute approximate surface area is 210 Å². The Morgan fingerprint density at radius 2 is 1.80 bits per heavy atom. The van der Waals surface area contributed by atoms with E-state index in [1.165, 1.54) is 32.1 Å². The number of carbonyl (C=O) groups is 1. The van der Waals surface area contributed by atoms with E-state index >= 15 is 0 Å². The first-order valence-electron chi connectivity index (χ1n) is 13.6. The van der Waals surface area contributed by atoms with Crippen LogP contribution < -0.4 is 5.56 Å². The summed E-state index contributed by atoms with van der Waals surface area (Å²) in [6.45, 7) is 13.6. The fourth-order valence-electron chi connectivity index (χ4n) is 6.65. The first-order chi connectivity index (χ1) is 16.6. The molecule has 2 fully saturated rings. The van der Waals surface area contributed by atoms with Crippen LogP contribution in [-0.4, -0.2) is 45.2 Å². The third kappa shape index (κ3) is 5.32. The second-order valence-electron chi connectivity index (χ2n) is 11.8. The van der Waals surface area contributed by atoms with Gasteiger partial charge in [-0.05, 0) is 89.2 Å². The quantitative estimate of drug-likeness (QED) is 0.475. The number of nitrogens with zero attached hydrogens (tertiary/aromatic N) is 3. The number of benzene rings is 1. The Morgan fingerprint density at radius 3 is 2.46 bits per heavy atom. The Morgan fingerprint density at radius 1 is 1.11 bits per heavy atom. The van der Waals surface area contributed by atoms with Gasteiger partial charge in [0.25, 0.3) is 5.56 Å². The van der Waals surface area contributed by atoms with Crippen molar-refractivity contribution < 1.29 is 9.53 Å². The van der Waals surface area contributed by atoms with Gasteiger partial charge in [-0.25, -0.2) is 9.78 Å². The number of ether oxygens (including phenoxy) is 1. The maximum absolute atomic E-state index is 13.5. The number of esters is 1. The van der Waals surface area contributed by atoms with E-state index < -0.39 is 5.97 Å². The van der Waals surface area contributed by atoms with Gasteiger partial charge < -0.3 is 9.30 Å². The highest BCUT2D eigenvalue weighted by Crippen LogP contribution is 2.42. The summed E-state index contributed by atoms with van der Waals surface area (Å²) in [5.41, 5.74) is 1.35. The normalized spacial score (nSPS) is 26.7. The number of para-hydroxylation sites is 2. The van der Waals surface area contributed by atoms with Crippen LogP contribution in [-0.2, 0) is 4.74 Å². The van der Waals surface area contributed by atoms with Gasteiger partial charge in [0, 0.05) is 24.2 Å². The van der Waals surface area contributed by atoms with Crippen LogP contribution in [0.5, 0.6) is 0 Å². The van der Waals surface area contributed by atoms with Crippen molar-refractivity contribution in [2.24, 2.45) is 11.3 Å². The molecule has 1 aromatic carbocycles. The van der Waals surface area contributed by atoms with E-state index in [0.29, 0.717) is 29.1 Å². The summed E-state index contributed by atoms with van der Waals surface area (Å²) in [5.74, 6) is 0.160. The van der Waals surface area contributed by atoms with Gasteiger partial charge in [-0.1, -0.05) is 32.9 Å². The molecule has 2 aliphatic rings. The third-order valence-electron chi connectivity index (χ3n) is 8.51. The molecule has 0 N–H and O–H groups in total. The molecule has 0 radical (unpaired) electrons. The van der Waals surface area contributed by atoms with Gasteiger partial charge in [0.05, 0.1) is 17.6 Å². The molecule has 0 amide bonds. The van der Waals surface area contributed by atoms with Crippen molar-refractivity contribution in [3.63, 3.8) is 0 Å². The fraction of sp³-hybridized carbons (Fsp3) is 0.690. The maximum Gasteiger partial charge on any atom is 0.362 e. The molecule has 1 saturated carbocycles.